The van der Waals surface area contributed by atoms with Gasteiger partial charge in [0.05, 0.1) is 7.11 Å². The van der Waals surface area contributed by atoms with Gasteiger partial charge in [-0.25, -0.2) is 0 Å². The summed E-state index contributed by atoms with van der Waals surface area (Å²) in [4.78, 5) is 13.7. The van der Waals surface area contributed by atoms with Crippen LogP contribution >= 0.6 is 0 Å². The number of hydrogen-bond acceptors (Lipinski definition) is 4. The molecule has 0 aliphatic carbocycles. The zero-order chi connectivity index (χ0) is 10.2. The average molecular weight is 198 g/mol. The van der Waals surface area contributed by atoms with E-state index in [4.69, 9.17) is 4.74 Å². The highest BCUT2D eigenvalue weighted by Crippen LogP contribution is 2.37. The third-order valence-corrected chi connectivity index (χ3v) is 3.48. The van der Waals surface area contributed by atoms with Crippen molar-refractivity contribution in [3.63, 3.8) is 0 Å². The predicted molar refractivity (Wildman–Crippen MR) is 53.0 cm³/mol. The molecule has 4 heteroatoms. The molecule has 0 aromatic carbocycles. The molecule has 0 aromatic heterocycles. The van der Waals surface area contributed by atoms with Crippen molar-refractivity contribution in [2.75, 3.05) is 33.8 Å². The van der Waals surface area contributed by atoms with Crippen molar-refractivity contribution < 1.29 is 9.53 Å². The van der Waals surface area contributed by atoms with Gasteiger partial charge in [0.1, 0.15) is 6.04 Å². The number of methoxy groups -OCH3 is 1. The van der Waals surface area contributed by atoms with Crippen molar-refractivity contribution in [3.05, 3.63) is 0 Å². The third kappa shape index (κ3) is 1.64. The first-order valence-electron chi connectivity index (χ1n) is 5.15. The van der Waals surface area contributed by atoms with Gasteiger partial charge in [0.25, 0.3) is 0 Å². The first-order chi connectivity index (χ1) is 6.65. The molecule has 2 unspecified atom stereocenters. The first kappa shape index (κ1) is 9.93. The van der Waals surface area contributed by atoms with E-state index in [1.54, 1.807) is 0 Å². The molecule has 1 spiro atoms. The molecule has 2 rings (SSSR count). The second-order valence-corrected chi connectivity index (χ2v) is 4.65. The number of likely N-dealkylation sites (tertiary alicyclic amines) is 1. The van der Waals surface area contributed by atoms with Gasteiger partial charge in [0.2, 0.25) is 0 Å². The van der Waals surface area contributed by atoms with Gasteiger partial charge < -0.3 is 15.0 Å². The summed E-state index contributed by atoms with van der Waals surface area (Å²) in [6.45, 7) is 3.21. The monoisotopic (exact) mass is 198 g/mol. The van der Waals surface area contributed by atoms with E-state index < -0.39 is 0 Å². The van der Waals surface area contributed by atoms with Gasteiger partial charge in [-0.1, -0.05) is 0 Å². The number of carbonyl (C=O) groups excluding carboxylic acids is 1. The fourth-order valence-corrected chi connectivity index (χ4v) is 2.70. The molecular weight excluding hydrogens is 180 g/mol. The van der Waals surface area contributed by atoms with Gasteiger partial charge in [-0.2, -0.15) is 0 Å². The Kier molecular flexibility index (Phi) is 2.49. The van der Waals surface area contributed by atoms with Crippen LogP contribution in [0, 0.1) is 5.41 Å². The lowest BCUT2D eigenvalue weighted by Gasteiger charge is -2.21. The second-order valence-electron chi connectivity index (χ2n) is 4.65. The molecule has 0 aromatic rings. The van der Waals surface area contributed by atoms with Crippen molar-refractivity contribution in [2.24, 2.45) is 5.41 Å². The maximum absolute atomic E-state index is 11.3. The minimum Gasteiger partial charge on any atom is -0.468 e. The minimum atomic E-state index is -0.114. The first-order valence-corrected chi connectivity index (χ1v) is 5.15. The Labute approximate surface area is 84.6 Å². The molecule has 0 amide bonds. The number of esters is 1. The molecule has 14 heavy (non-hydrogen) atoms. The fraction of sp³-hybridized carbons (Fsp3) is 0.900. The van der Waals surface area contributed by atoms with E-state index in [0.29, 0.717) is 5.41 Å². The van der Waals surface area contributed by atoms with Crippen LogP contribution in [0.25, 0.3) is 0 Å². The van der Waals surface area contributed by atoms with Crippen LogP contribution in [0.1, 0.15) is 12.8 Å². The molecule has 2 aliphatic rings. The molecule has 2 fully saturated rings. The summed E-state index contributed by atoms with van der Waals surface area (Å²) in [6.07, 6.45) is 2.13. The largest absolute Gasteiger partial charge is 0.468 e. The summed E-state index contributed by atoms with van der Waals surface area (Å²) >= 11 is 0. The van der Waals surface area contributed by atoms with Gasteiger partial charge in [-0.05, 0) is 31.8 Å². The lowest BCUT2D eigenvalue weighted by Crippen LogP contribution is -2.31. The van der Waals surface area contributed by atoms with Crippen molar-refractivity contribution in [1.29, 1.82) is 0 Å². The zero-order valence-electron chi connectivity index (χ0n) is 8.88. The fourth-order valence-electron chi connectivity index (χ4n) is 2.70. The molecular formula is C10H18N2O2. The summed E-state index contributed by atoms with van der Waals surface area (Å²) < 4.78 is 4.75. The molecule has 0 bridgehead atoms. The van der Waals surface area contributed by atoms with Crippen LogP contribution in [0.2, 0.25) is 0 Å². The molecule has 0 radical (unpaired) electrons. The van der Waals surface area contributed by atoms with Crippen LogP contribution in [0.5, 0.6) is 0 Å². The Morgan fingerprint density at radius 2 is 2.43 bits per heavy atom. The highest BCUT2D eigenvalue weighted by Gasteiger charge is 2.45. The summed E-state index contributed by atoms with van der Waals surface area (Å²) in [7, 11) is 3.59. The number of nitrogens with one attached hydrogen (secondary N) is 1. The molecule has 2 aliphatic heterocycles. The van der Waals surface area contributed by atoms with E-state index in [-0.39, 0.29) is 12.0 Å². The van der Waals surface area contributed by atoms with Crippen LogP contribution in [0.4, 0.5) is 0 Å². The lowest BCUT2D eigenvalue weighted by molar-refractivity contribution is -0.142. The van der Waals surface area contributed by atoms with Crippen molar-refractivity contribution in [1.82, 2.24) is 10.2 Å². The van der Waals surface area contributed by atoms with Crippen molar-refractivity contribution >= 4 is 5.97 Å². The smallest absolute Gasteiger partial charge is 0.322 e. The van der Waals surface area contributed by atoms with Crippen LogP contribution in [0.3, 0.4) is 0 Å². The Hall–Kier alpha value is -0.610. The number of hydrogen-bond donors (Lipinski definition) is 1. The topological polar surface area (TPSA) is 41.6 Å². The Balaban J connectivity index is 1.97. The molecule has 2 heterocycles. The highest BCUT2D eigenvalue weighted by atomic mass is 16.5. The zero-order valence-corrected chi connectivity index (χ0v) is 8.88. The molecule has 4 nitrogen and oxygen atoms in total. The van der Waals surface area contributed by atoms with Gasteiger partial charge in [-0.3, -0.25) is 4.79 Å². The summed E-state index contributed by atoms with van der Waals surface area (Å²) in [5.74, 6) is -0.114. The molecule has 0 saturated carbocycles. The third-order valence-electron chi connectivity index (χ3n) is 3.48. The van der Waals surface area contributed by atoms with Crippen LogP contribution in [-0.4, -0.2) is 50.7 Å². The Morgan fingerprint density at radius 1 is 1.64 bits per heavy atom. The van der Waals surface area contributed by atoms with Crippen LogP contribution in [-0.2, 0) is 9.53 Å². The van der Waals surface area contributed by atoms with Crippen molar-refractivity contribution in [3.8, 4) is 0 Å². The maximum Gasteiger partial charge on any atom is 0.322 e. The summed E-state index contributed by atoms with van der Waals surface area (Å²) in [5.41, 5.74) is 0.327. The highest BCUT2D eigenvalue weighted by molar-refractivity contribution is 5.76. The maximum atomic E-state index is 11.3. The van der Waals surface area contributed by atoms with E-state index in [0.717, 1.165) is 26.1 Å². The average Bonchev–Trinajstić information content (AvgIpc) is 2.74. The lowest BCUT2D eigenvalue weighted by atomic mass is 9.85. The Morgan fingerprint density at radius 3 is 3.00 bits per heavy atom. The van der Waals surface area contributed by atoms with Gasteiger partial charge in [0, 0.05) is 13.1 Å². The van der Waals surface area contributed by atoms with Gasteiger partial charge in [0.15, 0.2) is 0 Å². The quantitative estimate of drug-likeness (QED) is 0.595. The number of rotatable bonds is 1. The number of ether oxygens (including phenoxy) is 1. The normalized spacial score (nSPS) is 38.0. The summed E-state index contributed by atoms with van der Waals surface area (Å²) in [5, 5.41) is 3.26. The molecule has 1 N–H and O–H groups in total. The number of carbonyl (C=O) groups is 1. The second kappa shape index (κ2) is 3.51. The summed E-state index contributed by atoms with van der Waals surface area (Å²) in [6, 6.07) is -0.0773. The Bertz CT molecular complexity index is 244. The molecule has 80 valence electrons. The van der Waals surface area contributed by atoms with E-state index in [1.165, 1.54) is 13.5 Å². The standard InChI is InChI=1S/C10H18N2O2/c1-12-4-3-10(7-12)5-8(11-6-10)9(13)14-2/h8,11H,3-7H2,1-2H3. The molecule has 2 saturated heterocycles. The van der Waals surface area contributed by atoms with Crippen molar-refractivity contribution in [2.45, 2.75) is 18.9 Å². The van der Waals surface area contributed by atoms with E-state index in [2.05, 4.69) is 17.3 Å². The number of nitrogens with zero attached hydrogens (tertiary/aromatic N) is 1. The minimum absolute atomic E-state index is 0.0773. The van der Waals surface area contributed by atoms with E-state index in [1.807, 2.05) is 0 Å². The van der Waals surface area contributed by atoms with E-state index >= 15 is 0 Å². The van der Waals surface area contributed by atoms with Gasteiger partial charge >= 0.3 is 5.97 Å². The predicted octanol–water partition coefficient (Wildman–Crippen LogP) is -0.157. The van der Waals surface area contributed by atoms with Crippen LogP contribution in [0.15, 0.2) is 0 Å². The van der Waals surface area contributed by atoms with Gasteiger partial charge in [-0.15, -0.1) is 0 Å². The van der Waals surface area contributed by atoms with E-state index in [9.17, 15) is 4.79 Å². The van der Waals surface area contributed by atoms with Crippen LogP contribution < -0.4 is 5.32 Å². The SMILES string of the molecule is COC(=O)C1CC2(CCN(C)C2)CN1. The molecule has 2 atom stereocenters.